The number of ether oxygens (including phenoxy) is 3. The summed E-state index contributed by atoms with van der Waals surface area (Å²) in [6.07, 6.45) is 1.50. The molecule has 0 unspecified atom stereocenters. The average Bonchev–Trinajstić information content (AvgIpc) is 2.99. The third-order valence-corrected chi connectivity index (χ3v) is 3.80. The molecule has 0 radical (unpaired) electrons. The van der Waals surface area contributed by atoms with Gasteiger partial charge in [-0.3, -0.25) is 14.9 Å². The first-order valence-corrected chi connectivity index (χ1v) is 8.46. The Kier molecular flexibility index (Phi) is 5.85. The number of thiocarbonyl (C=S) groups is 1. The number of carbonyl (C=O) groups excluding carboxylic acids is 2. The fourth-order valence-corrected chi connectivity index (χ4v) is 2.52. The van der Waals surface area contributed by atoms with E-state index in [0.29, 0.717) is 22.7 Å². The second-order valence-corrected chi connectivity index (χ2v) is 5.98. The summed E-state index contributed by atoms with van der Waals surface area (Å²) in [5.41, 5.74) is 1.08. The molecule has 0 bridgehead atoms. The second-order valence-electron chi connectivity index (χ2n) is 5.61. The highest BCUT2D eigenvalue weighted by molar-refractivity contribution is 7.80. The Morgan fingerprint density at radius 1 is 1.25 bits per heavy atom. The lowest BCUT2D eigenvalue weighted by molar-refractivity contribution is -0.118. The molecule has 28 heavy (non-hydrogen) atoms. The van der Waals surface area contributed by atoms with Crippen molar-refractivity contribution in [3.8, 4) is 11.5 Å². The van der Waals surface area contributed by atoms with E-state index in [-0.39, 0.29) is 17.5 Å². The monoisotopic (exact) mass is 402 g/mol. The predicted molar refractivity (Wildman–Crippen MR) is 103 cm³/mol. The molecule has 2 N–H and O–H groups in total. The molecule has 2 amide bonds. The summed E-state index contributed by atoms with van der Waals surface area (Å²) in [7, 11) is 1.45. The maximum Gasteiger partial charge on any atom is 0.294 e. The zero-order valence-corrected chi connectivity index (χ0v) is 15.5. The number of hydrogen-bond acceptors (Lipinski definition) is 6. The zero-order chi connectivity index (χ0) is 20.1. The van der Waals surface area contributed by atoms with E-state index in [0.717, 1.165) is 0 Å². The topological polar surface area (TPSA) is 85.9 Å². The standard InChI is InChI=1S/C19H15FN2O5S/c1-25-15-8-11(9-16-18(24)22-19(28)27-16)2-7-14(15)26-10-17(23)21-13-5-3-12(20)4-6-13/h2-9H,10H2,1H3,(H,21,23)(H,22,24,28)/b16-9-. The summed E-state index contributed by atoms with van der Waals surface area (Å²) in [5, 5.41) is 4.95. The number of benzene rings is 2. The van der Waals surface area contributed by atoms with Gasteiger partial charge >= 0.3 is 0 Å². The first-order chi connectivity index (χ1) is 13.4. The van der Waals surface area contributed by atoms with Crippen LogP contribution in [0.15, 0.2) is 48.2 Å². The number of carbonyl (C=O) groups is 2. The van der Waals surface area contributed by atoms with Crippen molar-refractivity contribution in [2.45, 2.75) is 0 Å². The minimum Gasteiger partial charge on any atom is -0.493 e. The largest absolute Gasteiger partial charge is 0.493 e. The van der Waals surface area contributed by atoms with Crippen LogP contribution in [0.4, 0.5) is 10.1 Å². The van der Waals surface area contributed by atoms with Gasteiger partial charge in [-0.25, -0.2) is 4.39 Å². The van der Waals surface area contributed by atoms with Crippen LogP contribution in [-0.4, -0.2) is 30.7 Å². The smallest absolute Gasteiger partial charge is 0.294 e. The van der Waals surface area contributed by atoms with Crippen molar-refractivity contribution < 1.29 is 28.2 Å². The van der Waals surface area contributed by atoms with Crippen molar-refractivity contribution in [1.29, 1.82) is 0 Å². The van der Waals surface area contributed by atoms with Gasteiger partial charge in [0, 0.05) is 5.69 Å². The normalized spacial score (nSPS) is 14.4. The van der Waals surface area contributed by atoms with Gasteiger partial charge in [0.05, 0.1) is 7.11 Å². The number of amides is 2. The van der Waals surface area contributed by atoms with Crippen LogP contribution >= 0.6 is 12.2 Å². The molecule has 0 aromatic heterocycles. The Labute approximate surface area is 165 Å². The molecule has 0 atom stereocenters. The molecule has 1 aliphatic heterocycles. The van der Waals surface area contributed by atoms with Crippen LogP contribution in [0.1, 0.15) is 5.56 Å². The summed E-state index contributed by atoms with van der Waals surface area (Å²) in [6, 6.07) is 10.3. The van der Waals surface area contributed by atoms with Crippen LogP contribution in [-0.2, 0) is 14.3 Å². The van der Waals surface area contributed by atoms with Gasteiger partial charge in [-0.15, -0.1) is 0 Å². The Morgan fingerprint density at radius 2 is 2.00 bits per heavy atom. The van der Waals surface area contributed by atoms with E-state index in [1.807, 2.05) is 0 Å². The van der Waals surface area contributed by atoms with Crippen molar-refractivity contribution in [3.05, 3.63) is 59.6 Å². The molecule has 2 aromatic carbocycles. The van der Waals surface area contributed by atoms with Crippen LogP contribution in [0.25, 0.3) is 6.08 Å². The fraction of sp³-hybridized carbons (Fsp3) is 0.105. The van der Waals surface area contributed by atoms with Gasteiger partial charge in [0.2, 0.25) is 0 Å². The minimum atomic E-state index is -0.429. The molecule has 7 nitrogen and oxygen atoms in total. The third kappa shape index (κ3) is 4.83. The summed E-state index contributed by atoms with van der Waals surface area (Å²) in [4.78, 5) is 23.6. The maximum absolute atomic E-state index is 12.9. The van der Waals surface area contributed by atoms with E-state index in [1.54, 1.807) is 18.2 Å². The lowest BCUT2D eigenvalue weighted by atomic mass is 10.1. The molecule has 144 valence electrons. The Bertz CT molecular complexity index is 959. The van der Waals surface area contributed by atoms with Crippen LogP contribution < -0.4 is 20.1 Å². The lowest BCUT2D eigenvalue weighted by Gasteiger charge is -2.11. The molecular weight excluding hydrogens is 387 g/mol. The number of halogens is 1. The van der Waals surface area contributed by atoms with Crippen LogP contribution in [0.3, 0.4) is 0 Å². The highest BCUT2D eigenvalue weighted by Gasteiger charge is 2.23. The number of rotatable bonds is 6. The van der Waals surface area contributed by atoms with E-state index < -0.39 is 17.6 Å². The second kappa shape index (κ2) is 8.49. The van der Waals surface area contributed by atoms with Gasteiger partial charge < -0.3 is 19.5 Å². The predicted octanol–water partition coefficient (Wildman–Crippen LogP) is 2.62. The van der Waals surface area contributed by atoms with Gasteiger partial charge in [-0.2, -0.15) is 0 Å². The summed E-state index contributed by atoms with van der Waals surface area (Å²) < 4.78 is 28.7. The highest BCUT2D eigenvalue weighted by Crippen LogP contribution is 2.29. The van der Waals surface area contributed by atoms with E-state index in [9.17, 15) is 14.0 Å². The highest BCUT2D eigenvalue weighted by atomic mass is 32.1. The quantitative estimate of drug-likeness (QED) is 0.571. The maximum atomic E-state index is 12.9. The van der Waals surface area contributed by atoms with Gasteiger partial charge in [-0.05, 0) is 60.3 Å². The van der Waals surface area contributed by atoms with Crippen LogP contribution in [0, 0.1) is 5.82 Å². The number of anilines is 1. The van der Waals surface area contributed by atoms with Crippen LogP contribution in [0.5, 0.6) is 11.5 Å². The molecule has 1 aliphatic rings. The van der Waals surface area contributed by atoms with Crippen LogP contribution in [0.2, 0.25) is 0 Å². The number of nitrogens with one attached hydrogen (secondary N) is 2. The molecule has 1 saturated heterocycles. The first-order valence-electron chi connectivity index (χ1n) is 8.06. The van der Waals surface area contributed by atoms with Crippen molar-refractivity contribution in [2.75, 3.05) is 19.0 Å². The molecule has 1 heterocycles. The molecular formula is C19H15FN2O5S. The van der Waals surface area contributed by atoms with Crippen molar-refractivity contribution >= 4 is 41.0 Å². The Balaban J connectivity index is 1.64. The lowest BCUT2D eigenvalue weighted by Crippen LogP contribution is -2.20. The van der Waals surface area contributed by atoms with E-state index in [1.165, 1.54) is 37.5 Å². The SMILES string of the molecule is COc1cc(/C=C2\OC(=S)NC2=O)ccc1OCC(=O)Nc1ccc(F)cc1. The van der Waals surface area contributed by atoms with Crippen molar-refractivity contribution in [2.24, 2.45) is 0 Å². The van der Waals surface area contributed by atoms with Gasteiger partial charge in [0.25, 0.3) is 17.0 Å². The molecule has 3 rings (SSSR count). The van der Waals surface area contributed by atoms with Gasteiger partial charge in [-0.1, -0.05) is 6.07 Å². The summed E-state index contributed by atoms with van der Waals surface area (Å²) >= 11 is 4.77. The molecule has 9 heteroatoms. The molecule has 0 aliphatic carbocycles. The molecule has 0 spiro atoms. The summed E-state index contributed by atoms with van der Waals surface area (Å²) in [5.74, 6) is -0.460. The average molecular weight is 402 g/mol. The Hall–Kier alpha value is -3.46. The third-order valence-electron chi connectivity index (χ3n) is 3.61. The van der Waals surface area contributed by atoms with Crippen molar-refractivity contribution in [3.63, 3.8) is 0 Å². The fourth-order valence-electron chi connectivity index (χ4n) is 2.34. The number of hydrogen-bond donors (Lipinski definition) is 2. The van der Waals surface area contributed by atoms with E-state index >= 15 is 0 Å². The molecule has 0 saturated carbocycles. The van der Waals surface area contributed by atoms with Gasteiger partial charge in [0.1, 0.15) is 5.82 Å². The number of methoxy groups -OCH3 is 1. The van der Waals surface area contributed by atoms with E-state index in [2.05, 4.69) is 10.6 Å². The van der Waals surface area contributed by atoms with Crippen molar-refractivity contribution in [1.82, 2.24) is 5.32 Å². The first kappa shape index (κ1) is 19.3. The Morgan fingerprint density at radius 3 is 2.64 bits per heavy atom. The summed E-state index contributed by atoms with van der Waals surface area (Å²) in [6.45, 7) is -0.270. The zero-order valence-electron chi connectivity index (χ0n) is 14.7. The minimum absolute atomic E-state index is 0.00432. The van der Waals surface area contributed by atoms with Gasteiger partial charge in [0.15, 0.2) is 23.9 Å². The van der Waals surface area contributed by atoms with E-state index in [4.69, 9.17) is 26.4 Å². The molecule has 2 aromatic rings. The molecule has 1 fully saturated rings.